The molecule has 2 aromatic rings. The number of ether oxygens (including phenoxy) is 1. The van der Waals surface area contributed by atoms with Crippen molar-refractivity contribution in [2.24, 2.45) is 0 Å². The number of methoxy groups -OCH3 is 1. The summed E-state index contributed by atoms with van der Waals surface area (Å²) >= 11 is 1.68. The molecule has 0 bridgehead atoms. The highest BCUT2D eigenvalue weighted by Crippen LogP contribution is 2.21. The Kier molecular flexibility index (Phi) is 4.20. The first kappa shape index (κ1) is 12.9. The summed E-state index contributed by atoms with van der Waals surface area (Å²) in [5, 5.41) is 4.32. The van der Waals surface area contributed by atoms with E-state index in [2.05, 4.69) is 36.3 Å². The Morgan fingerprint density at radius 1 is 1.33 bits per heavy atom. The van der Waals surface area contributed by atoms with Crippen molar-refractivity contribution in [1.29, 1.82) is 0 Å². The molecule has 0 aliphatic heterocycles. The molecule has 2 rings (SSSR count). The number of nitrogens with one attached hydrogen (secondary N) is 1. The lowest BCUT2D eigenvalue weighted by atomic mass is 10.1. The summed E-state index contributed by atoms with van der Waals surface area (Å²) in [5.41, 5.74) is 2.49. The number of aryl methyl sites for hydroxylation is 2. The fraction of sp³-hybridized carbons (Fsp3) is 0.357. The molecule has 1 aromatic heterocycles. The van der Waals surface area contributed by atoms with Gasteiger partial charge in [0.1, 0.15) is 5.75 Å². The summed E-state index contributed by atoms with van der Waals surface area (Å²) in [6.45, 7) is 5.03. The van der Waals surface area contributed by atoms with E-state index in [-0.39, 0.29) is 0 Å². The van der Waals surface area contributed by atoms with E-state index in [1.165, 1.54) is 16.0 Å². The van der Waals surface area contributed by atoms with Gasteiger partial charge in [0.15, 0.2) is 5.13 Å². The first-order chi connectivity index (χ1) is 8.69. The molecule has 3 nitrogen and oxygen atoms in total. The van der Waals surface area contributed by atoms with Gasteiger partial charge in [-0.1, -0.05) is 17.7 Å². The second-order valence-corrected chi connectivity index (χ2v) is 5.50. The Balaban J connectivity index is 1.95. The van der Waals surface area contributed by atoms with Crippen molar-refractivity contribution in [3.8, 4) is 5.75 Å². The van der Waals surface area contributed by atoms with E-state index >= 15 is 0 Å². The van der Waals surface area contributed by atoms with Crippen LogP contribution in [0.5, 0.6) is 5.75 Å². The Morgan fingerprint density at radius 2 is 2.17 bits per heavy atom. The molecule has 0 saturated carbocycles. The highest BCUT2D eigenvalue weighted by atomic mass is 32.1. The van der Waals surface area contributed by atoms with Crippen LogP contribution in [0.2, 0.25) is 0 Å². The lowest BCUT2D eigenvalue weighted by Crippen LogP contribution is -2.05. The SMILES string of the molecule is COc1ccc(C)cc1CCNc1ncc(C)s1. The van der Waals surface area contributed by atoms with Crippen LogP contribution in [0, 0.1) is 13.8 Å². The summed E-state index contributed by atoms with van der Waals surface area (Å²) in [5.74, 6) is 0.956. The first-order valence-electron chi connectivity index (χ1n) is 5.99. The molecule has 0 amide bonds. The van der Waals surface area contributed by atoms with Gasteiger partial charge in [-0.2, -0.15) is 0 Å². The first-order valence-corrected chi connectivity index (χ1v) is 6.80. The van der Waals surface area contributed by atoms with Gasteiger partial charge < -0.3 is 10.1 Å². The number of hydrogen-bond acceptors (Lipinski definition) is 4. The van der Waals surface area contributed by atoms with E-state index in [0.717, 1.165) is 23.8 Å². The fourth-order valence-electron chi connectivity index (χ4n) is 1.84. The average Bonchev–Trinajstić information content (AvgIpc) is 2.75. The van der Waals surface area contributed by atoms with E-state index < -0.39 is 0 Å². The number of rotatable bonds is 5. The van der Waals surface area contributed by atoms with Gasteiger partial charge in [0.05, 0.1) is 7.11 Å². The van der Waals surface area contributed by atoms with Crippen molar-refractivity contribution in [3.63, 3.8) is 0 Å². The van der Waals surface area contributed by atoms with Crippen LogP contribution in [0.3, 0.4) is 0 Å². The molecular formula is C14H18N2OS. The Morgan fingerprint density at radius 3 is 2.83 bits per heavy atom. The molecule has 0 atom stereocenters. The van der Waals surface area contributed by atoms with Crippen LogP contribution in [0.4, 0.5) is 5.13 Å². The monoisotopic (exact) mass is 262 g/mol. The zero-order valence-electron chi connectivity index (χ0n) is 11.0. The molecule has 1 aromatic carbocycles. The molecule has 1 heterocycles. The summed E-state index contributed by atoms with van der Waals surface area (Å²) in [7, 11) is 1.71. The van der Waals surface area contributed by atoms with Crippen LogP contribution in [0.15, 0.2) is 24.4 Å². The molecule has 0 radical (unpaired) electrons. The van der Waals surface area contributed by atoms with Gasteiger partial charge in [0.2, 0.25) is 0 Å². The maximum atomic E-state index is 5.37. The van der Waals surface area contributed by atoms with Crippen LogP contribution in [0.25, 0.3) is 0 Å². The molecule has 18 heavy (non-hydrogen) atoms. The molecular weight excluding hydrogens is 244 g/mol. The van der Waals surface area contributed by atoms with Crippen molar-refractivity contribution in [3.05, 3.63) is 40.4 Å². The minimum absolute atomic E-state index is 0.868. The number of benzene rings is 1. The second kappa shape index (κ2) is 5.87. The maximum Gasteiger partial charge on any atom is 0.182 e. The third-order valence-electron chi connectivity index (χ3n) is 2.73. The zero-order valence-corrected chi connectivity index (χ0v) is 11.8. The summed E-state index contributed by atoms with van der Waals surface area (Å²) in [4.78, 5) is 5.51. The van der Waals surface area contributed by atoms with Gasteiger partial charge in [-0.3, -0.25) is 0 Å². The summed E-state index contributed by atoms with van der Waals surface area (Å²) in [6, 6.07) is 6.27. The fourth-order valence-corrected chi connectivity index (χ4v) is 2.53. The summed E-state index contributed by atoms with van der Waals surface area (Å²) in [6.07, 6.45) is 2.82. The van der Waals surface area contributed by atoms with Crippen LogP contribution in [-0.2, 0) is 6.42 Å². The third-order valence-corrected chi connectivity index (χ3v) is 3.60. The quantitative estimate of drug-likeness (QED) is 0.896. The largest absolute Gasteiger partial charge is 0.496 e. The number of hydrogen-bond donors (Lipinski definition) is 1. The number of thiazole rings is 1. The van der Waals surface area contributed by atoms with Gasteiger partial charge >= 0.3 is 0 Å². The third kappa shape index (κ3) is 3.23. The van der Waals surface area contributed by atoms with Gasteiger partial charge in [0.25, 0.3) is 0 Å². The molecule has 0 unspecified atom stereocenters. The van der Waals surface area contributed by atoms with E-state index in [9.17, 15) is 0 Å². The molecule has 0 aliphatic carbocycles. The second-order valence-electron chi connectivity index (χ2n) is 4.27. The predicted octanol–water partition coefficient (Wildman–Crippen LogP) is 3.42. The van der Waals surface area contributed by atoms with Gasteiger partial charge in [-0.25, -0.2) is 4.98 Å². The highest BCUT2D eigenvalue weighted by molar-refractivity contribution is 7.15. The van der Waals surface area contributed by atoms with Crippen LogP contribution >= 0.6 is 11.3 Å². The molecule has 0 fully saturated rings. The highest BCUT2D eigenvalue weighted by Gasteiger charge is 2.03. The smallest absolute Gasteiger partial charge is 0.182 e. The Labute approximate surface area is 112 Å². The van der Waals surface area contributed by atoms with E-state index in [0.29, 0.717) is 0 Å². The van der Waals surface area contributed by atoms with Crippen molar-refractivity contribution in [2.75, 3.05) is 19.0 Å². The minimum atomic E-state index is 0.868. The predicted molar refractivity (Wildman–Crippen MR) is 76.8 cm³/mol. The Hall–Kier alpha value is -1.55. The molecule has 0 aliphatic rings. The van der Waals surface area contributed by atoms with E-state index in [1.807, 2.05) is 12.3 Å². The molecule has 0 saturated heterocycles. The number of aromatic nitrogens is 1. The molecule has 4 heteroatoms. The van der Waals surface area contributed by atoms with Gasteiger partial charge in [-0.15, -0.1) is 11.3 Å². The minimum Gasteiger partial charge on any atom is -0.496 e. The molecule has 1 N–H and O–H groups in total. The van der Waals surface area contributed by atoms with Crippen molar-refractivity contribution in [1.82, 2.24) is 4.98 Å². The average molecular weight is 262 g/mol. The van der Waals surface area contributed by atoms with Crippen LogP contribution in [-0.4, -0.2) is 18.6 Å². The maximum absolute atomic E-state index is 5.37. The van der Waals surface area contributed by atoms with Crippen LogP contribution < -0.4 is 10.1 Å². The van der Waals surface area contributed by atoms with Crippen molar-refractivity contribution < 1.29 is 4.74 Å². The summed E-state index contributed by atoms with van der Waals surface area (Å²) < 4.78 is 5.37. The van der Waals surface area contributed by atoms with Gasteiger partial charge in [-0.05, 0) is 31.9 Å². The van der Waals surface area contributed by atoms with Crippen molar-refractivity contribution in [2.45, 2.75) is 20.3 Å². The van der Waals surface area contributed by atoms with E-state index in [1.54, 1.807) is 18.4 Å². The molecule has 96 valence electrons. The van der Waals surface area contributed by atoms with E-state index in [4.69, 9.17) is 4.74 Å². The zero-order chi connectivity index (χ0) is 13.0. The Bertz CT molecular complexity index is 522. The standard InChI is InChI=1S/C14H18N2OS/c1-10-4-5-13(17-3)12(8-10)6-7-15-14-16-9-11(2)18-14/h4-5,8-9H,6-7H2,1-3H3,(H,15,16). The van der Waals surface area contributed by atoms with Gasteiger partial charge in [0, 0.05) is 17.6 Å². The van der Waals surface area contributed by atoms with Crippen LogP contribution in [0.1, 0.15) is 16.0 Å². The molecule has 0 spiro atoms. The topological polar surface area (TPSA) is 34.1 Å². The number of anilines is 1. The lowest BCUT2D eigenvalue weighted by molar-refractivity contribution is 0.410. The normalized spacial score (nSPS) is 10.4. The van der Waals surface area contributed by atoms with Crippen molar-refractivity contribution >= 4 is 16.5 Å². The lowest BCUT2D eigenvalue weighted by Gasteiger charge is -2.09. The number of nitrogens with zero attached hydrogens (tertiary/aromatic N) is 1.